The van der Waals surface area contributed by atoms with Crippen LogP contribution in [-0.2, 0) is 0 Å². The van der Waals surface area contributed by atoms with E-state index in [9.17, 15) is 13.2 Å². The monoisotopic (exact) mass is 500 g/mol. The first-order valence-electron chi connectivity index (χ1n) is 8.87. The van der Waals surface area contributed by atoms with E-state index in [4.69, 9.17) is 5.73 Å². The number of anilines is 1. The van der Waals surface area contributed by atoms with E-state index in [0.29, 0.717) is 18.4 Å². The Hall–Kier alpha value is -1.23. The van der Waals surface area contributed by atoms with Gasteiger partial charge < -0.3 is 20.7 Å². The highest BCUT2D eigenvalue weighted by atomic mass is 127. The minimum absolute atomic E-state index is 0. The topological polar surface area (TPSA) is 62.9 Å². The maximum absolute atomic E-state index is 12.5. The zero-order valence-corrected chi connectivity index (χ0v) is 18.0. The summed E-state index contributed by atoms with van der Waals surface area (Å²) < 4.78 is 41.4. The van der Waals surface area contributed by atoms with Gasteiger partial charge >= 0.3 is 6.36 Å². The van der Waals surface area contributed by atoms with Gasteiger partial charge in [-0.05, 0) is 43.4 Å². The van der Waals surface area contributed by atoms with Gasteiger partial charge in [-0.25, -0.2) is 0 Å². The molecule has 9 heteroatoms. The van der Waals surface area contributed by atoms with Gasteiger partial charge in [0.25, 0.3) is 0 Å². The fourth-order valence-electron chi connectivity index (χ4n) is 3.17. The molecule has 1 aromatic carbocycles. The number of likely N-dealkylation sites (tertiary alicyclic amines) is 1. The van der Waals surface area contributed by atoms with Crippen molar-refractivity contribution in [3.05, 3.63) is 24.3 Å². The number of guanidine groups is 1. The molecule has 3 N–H and O–H groups in total. The molecule has 1 aliphatic rings. The predicted octanol–water partition coefficient (Wildman–Crippen LogP) is 4.30. The fourth-order valence-corrected chi connectivity index (χ4v) is 3.17. The van der Waals surface area contributed by atoms with Gasteiger partial charge in [0.1, 0.15) is 0 Å². The molecule has 27 heavy (non-hydrogen) atoms. The Morgan fingerprint density at radius 2 is 2.07 bits per heavy atom. The minimum Gasteiger partial charge on any atom is -0.404 e. The van der Waals surface area contributed by atoms with Crippen molar-refractivity contribution in [3.8, 4) is 5.75 Å². The number of aliphatic imine (C=N–C) groups is 1. The van der Waals surface area contributed by atoms with Gasteiger partial charge in [-0.2, -0.15) is 0 Å². The lowest BCUT2D eigenvalue weighted by atomic mass is 9.97. The fraction of sp³-hybridized carbons (Fsp3) is 0.611. The Bertz CT molecular complexity index is 611. The third-order valence-corrected chi connectivity index (χ3v) is 4.12. The minimum atomic E-state index is -4.76. The van der Waals surface area contributed by atoms with Crippen LogP contribution >= 0.6 is 24.0 Å². The Labute approximate surface area is 175 Å². The highest BCUT2D eigenvalue weighted by molar-refractivity contribution is 14.0. The summed E-state index contributed by atoms with van der Waals surface area (Å²) in [6.07, 6.45) is -2.55. The lowest BCUT2D eigenvalue weighted by molar-refractivity contribution is -0.274. The van der Waals surface area contributed by atoms with Crippen LogP contribution in [0.15, 0.2) is 29.3 Å². The lowest BCUT2D eigenvalue weighted by Gasteiger charge is -2.33. The summed E-state index contributed by atoms with van der Waals surface area (Å²) in [5, 5.41) is 2.71. The smallest absolute Gasteiger partial charge is 0.404 e. The quantitative estimate of drug-likeness (QED) is 0.348. The molecular formula is C18H28F3IN4O. The Morgan fingerprint density at radius 3 is 2.74 bits per heavy atom. The molecule has 154 valence electrons. The molecule has 1 heterocycles. The molecule has 0 spiro atoms. The number of nitrogens with two attached hydrogens (primary N) is 1. The first kappa shape index (κ1) is 23.8. The first-order valence-corrected chi connectivity index (χ1v) is 8.87. The van der Waals surface area contributed by atoms with Crippen molar-refractivity contribution in [2.75, 3.05) is 31.5 Å². The second kappa shape index (κ2) is 10.9. The van der Waals surface area contributed by atoms with Crippen LogP contribution < -0.4 is 15.8 Å². The molecule has 1 fully saturated rings. The van der Waals surface area contributed by atoms with Crippen molar-refractivity contribution in [1.82, 2.24) is 4.90 Å². The first-order chi connectivity index (χ1) is 12.2. The number of ether oxygens (including phenoxy) is 1. The predicted molar refractivity (Wildman–Crippen MR) is 113 cm³/mol. The zero-order chi connectivity index (χ0) is 19.2. The molecule has 1 aromatic rings. The molecule has 1 saturated heterocycles. The van der Waals surface area contributed by atoms with E-state index in [0.717, 1.165) is 32.5 Å². The van der Waals surface area contributed by atoms with E-state index in [1.165, 1.54) is 18.2 Å². The number of alkyl halides is 3. The molecule has 1 unspecified atom stereocenters. The summed E-state index contributed by atoms with van der Waals surface area (Å²) in [6, 6.07) is 5.76. The van der Waals surface area contributed by atoms with Crippen LogP contribution in [0.1, 0.15) is 26.7 Å². The van der Waals surface area contributed by atoms with Gasteiger partial charge in [-0.1, -0.05) is 26.0 Å². The molecule has 2 rings (SSSR count). The number of halogens is 4. The number of para-hydroxylation sites is 2. The SMILES string of the molecule is CC(C)CN1CCCC(CN=C(N)Nc2ccccc2OC(F)(F)F)C1.I. The summed E-state index contributed by atoms with van der Waals surface area (Å²) in [5.74, 6) is 0.779. The van der Waals surface area contributed by atoms with E-state index in [1.807, 2.05) is 0 Å². The van der Waals surface area contributed by atoms with Crippen molar-refractivity contribution < 1.29 is 17.9 Å². The van der Waals surface area contributed by atoms with Gasteiger partial charge in [0.2, 0.25) is 0 Å². The van der Waals surface area contributed by atoms with Gasteiger partial charge in [0, 0.05) is 19.6 Å². The largest absolute Gasteiger partial charge is 0.573 e. The number of nitrogens with zero attached hydrogens (tertiary/aromatic N) is 2. The summed E-state index contributed by atoms with van der Waals surface area (Å²) in [6.45, 7) is 8.09. The highest BCUT2D eigenvalue weighted by Crippen LogP contribution is 2.29. The highest BCUT2D eigenvalue weighted by Gasteiger charge is 2.32. The summed E-state index contributed by atoms with van der Waals surface area (Å²) in [7, 11) is 0. The standard InChI is InChI=1S/C18H27F3N4O.HI/c1-13(2)11-25-9-5-6-14(12-25)10-23-17(22)24-15-7-3-4-8-16(15)26-18(19,20)21;/h3-4,7-8,13-14H,5-6,9-12H2,1-2H3,(H3,22,23,24);1H. The molecular weight excluding hydrogens is 472 g/mol. The molecule has 0 aromatic heterocycles. The van der Waals surface area contributed by atoms with Crippen molar-refractivity contribution >= 4 is 35.6 Å². The maximum Gasteiger partial charge on any atom is 0.573 e. The maximum atomic E-state index is 12.5. The van der Waals surface area contributed by atoms with Crippen LogP contribution in [0.2, 0.25) is 0 Å². The lowest BCUT2D eigenvalue weighted by Crippen LogP contribution is -2.39. The van der Waals surface area contributed by atoms with E-state index in [-0.39, 0.29) is 41.4 Å². The van der Waals surface area contributed by atoms with Gasteiger partial charge in [-0.3, -0.25) is 4.99 Å². The summed E-state index contributed by atoms with van der Waals surface area (Å²) in [4.78, 5) is 6.75. The number of hydrogen-bond acceptors (Lipinski definition) is 3. The van der Waals surface area contributed by atoms with E-state index >= 15 is 0 Å². The summed E-state index contributed by atoms with van der Waals surface area (Å²) >= 11 is 0. The molecule has 0 aliphatic carbocycles. The third kappa shape index (κ3) is 9.00. The number of rotatable bonds is 6. The van der Waals surface area contributed by atoms with Crippen molar-refractivity contribution in [2.45, 2.75) is 33.1 Å². The molecule has 5 nitrogen and oxygen atoms in total. The van der Waals surface area contributed by atoms with Crippen LogP contribution in [0.5, 0.6) is 5.75 Å². The van der Waals surface area contributed by atoms with Gasteiger partial charge in [-0.15, -0.1) is 37.1 Å². The van der Waals surface area contributed by atoms with Crippen molar-refractivity contribution in [1.29, 1.82) is 0 Å². The van der Waals surface area contributed by atoms with E-state index < -0.39 is 6.36 Å². The number of hydrogen-bond donors (Lipinski definition) is 2. The molecule has 1 atom stereocenters. The van der Waals surface area contributed by atoms with Crippen LogP contribution in [0.3, 0.4) is 0 Å². The normalized spacial score (nSPS) is 18.9. The average Bonchev–Trinajstić information content (AvgIpc) is 2.53. The Balaban J connectivity index is 0.00000364. The Morgan fingerprint density at radius 1 is 1.37 bits per heavy atom. The van der Waals surface area contributed by atoms with Crippen LogP contribution in [0, 0.1) is 11.8 Å². The molecule has 0 bridgehead atoms. The molecule has 1 aliphatic heterocycles. The van der Waals surface area contributed by atoms with Crippen molar-refractivity contribution in [2.24, 2.45) is 22.6 Å². The van der Waals surface area contributed by atoms with Crippen LogP contribution in [0.4, 0.5) is 18.9 Å². The van der Waals surface area contributed by atoms with E-state index in [1.54, 1.807) is 6.07 Å². The van der Waals surface area contributed by atoms with Crippen LogP contribution in [0.25, 0.3) is 0 Å². The second-order valence-electron chi connectivity index (χ2n) is 7.06. The van der Waals surface area contributed by atoms with Crippen LogP contribution in [-0.4, -0.2) is 43.4 Å². The number of nitrogens with one attached hydrogen (secondary N) is 1. The van der Waals surface area contributed by atoms with E-state index in [2.05, 4.69) is 33.8 Å². The van der Waals surface area contributed by atoms with Gasteiger partial charge in [0.15, 0.2) is 11.7 Å². The van der Waals surface area contributed by atoms with Gasteiger partial charge in [0.05, 0.1) is 5.69 Å². The summed E-state index contributed by atoms with van der Waals surface area (Å²) in [5.41, 5.74) is 5.99. The Kier molecular flexibility index (Phi) is 9.65. The molecule has 0 saturated carbocycles. The third-order valence-electron chi connectivity index (χ3n) is 4.12. The number of piperidine rings is 1. The number of benzene rings is 1. The zero-order valence-electron chi connectivity index (χ0n) is 15.6. The second-order valence-corrected chi connectivity index (χ2v) is 7.06. The molecule has 0 radical (unpaired) electrons. The van der Waals surface area contributed by atoms with Crippen molar-refractivity contribution in [3.63, 3.8) is 0 Å². The molecule has 0 amide bonds. The average molecular weight is 500 g/mol.